The third-order valence-corrected chi connectivity index (χ3v) is 6.54. The molecule has 1 aliphatic carbocycles. The molecule has 2 aliphatic rings. The summed E-state index contributed by atoms with van der Waals surface area (Å²) in [5, 5.41) is 3.87. The highest BCUT2D eigenvalue weighted by molar-refractivity contribution is 8.03. The first-order chi connectivity index (χ1) is 10.2. The summed E-state index contributed by atoms with van der Waals surface area (Å²) in [6.45, 7) is 0. The molecule has 4 nitrogen and oxygen atoms in total. The molecule has 2 heterocycles. The zero-order valence-corrected chi connectivity index (χ0v) is 14.5. The van der Waals surface area contributed by atoms with Gasteiger partial charge in [0, 0.05) is 61.0 Å². The van der Waals surface area contributed by atoms with E-state index in [4.69, 9.17) is 4.98 Å². The van der Waals surface area contributed by atoms with E-state index in [0.29, 0.717) is 12.1 Å². The smallest absolute Gasteiger partial charge is 0.225 e. The molecule has 0 unspecified atom stereocenters. The van der Waals surface area contributed by atoms with Crippen molar-refractivity contribution in [3.63, 3.8) is 0 Å². The minimum absolute atomic E-state index is 0.439. The molecule has 3 rings (SSSR count). The van der Waals surface area contributed by atoms with E-state index in [-0.39, 0.29) is 0 Å². The minimum atomic E-state index is 0.439. The summed E-state index contributed by atoms with van der Waals surface area (Å²) in [7, 11) is 4.00. The molecule has 21 heavy (non-hydrogen) atoms. The van der Waals surface area contributed by atoms with Gasteiger partial charge in [-0.15, -0.1) is 0 Å². The first-order valence-corrected chi connectivity index (χ1v) is 9.99. The number of rotatable bonds is 3. The summed E-state index contributed by atoms with van der Waals surface area (Å²) in [5.74, 6) is 5.87. The number of thioether (sulfide) groups is 2. The summed E-state index contributed by atoms with van der Waals surface area (Å²) >= 11 is 4.16. The Morgan fingerprint density at radius 3 is 2.71 bits per heavy atom. The predicted molar refractivity (Wildman–Crippen MR) is 93.6 cm³/mol. The van der Waals surface area contributed by atoms with Crippen molar-refractivity contribution in [2.75, 3.05) is 42.0 Å². The van der Waals surface area contributed by atoms with Crippen LogP contribution in [0.2, 0.25) is 0 Å². The summed E-state index contributed by atoms with van der Waals surface area (Å²) in [4.78, 5) is 11.2. The van der Waals surface area contributed by atoms with Crippen molar-refractivity contribution in [2.24, 2.45) is 0 Å². The SMILES string of the molecule is CN(C)c1ncc2c(n1)CCC[C@H]2NC1CSCCSC1. The molecule has 0 saturated carbocycles. The molecule has 1 aromatic rings. The number of anilines is 1. The van der Waals surface area contributed by atoms with Crippen molar-refractivity contribution in [1.82, 2.24) is 15.3 Å². The first kappa shape index (κ1) is 15.4. The van der Waals surface area contributed by atoms with Gasteiger partial charge >= 0.3 is 0 Å². The van der Waals surface area contributed by atoms with Gasteiger partial charge < -0.3 is 10.2 Å². The fourth-order valence-corrected chi connectivity index (χ4v) is 5.35. The van der Waals surface area contributed by atoms with E-state index in [1.54, 1.807) is 0 Å². The van der Waals surface area contributed by atoms with Crippen LogP contribution in [0, 0.1) is 0 Å². The van der Waals surface area contributed by atoms with Crippen LogP contribution in [0.4, 0.5) is 5.95 Å². The van der Waals surface area contributed by atoms with Crippen LogP contribution in [0.15, 0.2) is 6.20 Å². The zero-order chi connectivity index (χ0) is 14.7. The van der Waals surface area contributed by atoms with Crippen molar-refractivity contribution >= 4 is 29.5 Å². The van der Waals surface area contributed by atoms with Gasteiger partial charge in [-0.1, -0.05) is 0 Å². The average Bonchev–Trinajstić information content (AvgIpc) is 2.75. The molecule has 1 aromatic heterocycles. The molecule has 1 aliphatic heterocycles. The maximum atomic E-state index is 4.74. The summed E-state index contributed by atoms with van der Waals surface area (Å²) in [6, 6.07) is 1.06. The Morgan fingerprint density at radius 2 is 2.00 bits per heavy atom. The predicted octanol–water partition coefficient (Wildman–Crippen LogP) is 2.36. The minimum Gasteiger partial charge on any atom is -0.347 e. The number of hydrogen-bond donors (Lipinski definition) is 1. The number of hydrogen-bond acceptors (Lipinski definition) is 6. The molecule has 6 heteroatoms. The van der Waals surface area contributed by atoms with E-state index < -0.39 is 0 Å². The maximum Gasteiger partial charge on any atom is 0.225 e. The second kappa shape index (κ2) is 7.20. The third kappa shape index (κ3) is 3.85. The second-order valence-electron chi connectivity index (χ2n) is 5.92. The van der Waals surface area contributed by atoms with Crippen molar-refractivity contribution in [1.29, 1.82) is 0 Å². The van der Waals surface area contributed by atoms with Crippen LogP contribution in [0.3, 0.4) is 0 Å². The van der Waals surface area contributed by atoms with Gasteiger partial charge in [0.25, 0.3) is 0 Å². The van der Waals surface area contributed by atoms with Crippen LogP contribution < -0.4 is 10.2 Å². The molecule has 0 aromatic carbocycles. The van der Waals surface area contributed by atoms with E-state index in [1.807, 2.05) is 25.2 Å². The van der Waals surface area contributed by atoms with Crippen LogP contribution >= 0.6 is 23.5 Å². The van der Waals surface area contributed by atoms with E-state index in [0.717, 1.165) is 12.4 Å². The lowest BCUT2D eigenvalue weighted by atomic mass is 9.92. The Balaban J connectivity index is 1.73. The summed E-state index contributed by atoms with van der Waals surface area (Å²) in [5.41, 5.74) is 2.57. The monoisotopic (exact) mass is 324 g/mol. The van der Waals surface area contributed by atoms with Crippen molar-refractivity contribution < 1.29 is 0 Å². The molecule has 0 spiro atoms. The fraction of sp³-hybridized carbons (Fsp3) is 0.733. The van der Waals surface area contributed by atoms with E-state index >= 15 is 0 Å². The molecular formula is C15H24N4S2. The van der Waals surface area contributed by atoms with Gasteiger partial charge in [-0.3, -0.25) is 0 Å². The second-order valence-corrected chi connectivity index (χ2v) is 8.22. The van der Waals surface area contributed by atoms with Crippen molar-refractivity contribution in [2.45, 2.75) is 31.3 Å². The van der Waals surface area contributed by atoms with Crippen LogP contribution in [0.5, 0.6) is 0 Å². The fourth-order valence-electron chi connectivity index (χ4n) is 2.92. The molecule has 1 fully saturated rings. The number of nitrogens with zero attached hydrogens (tertiary/aromatic N) is 3. The lowest BCUT2D eigenvalue weighted by molar-refractivity contribution is 0.423. The van der Waals surface area contributed by atoms with E-state index in [1.165, 1.54) is 47.1 Å². The quantitative estimate of drug-likeness (QED) is 0.920. The zero-order valence-electron chi connectivity index (χ0n) is 12.8. The molecule has 0 radical (unpaired) electrons. The standard InChI is InChI=1S/C15H24N4S2/c1-19(2)15-16-8-12-13(4-3-5-14(12)18-15)17-11-9-20-6-7-21-10-11/h8,11,13,17H,3-7,9-10H2,1-2H3/t13-/m1/s1. The molecule has 1 N–H and O–H groups in total. The number of nitrogens with one attached hydrogen (secondary N) is 1. The van der Waals surface area contributed by atoms with Crippen LogP contribution in [0.1, 0.15) is 30.1 Å². The Bertz CT molecular complexity index is 473. The molecule has 1 atom stereocenters. The van der Waals surface area contributed by atoms with Crippen molar-refractivity contribution in [3.05, 3.63) is 17.5 Å². The average molecular weight is 325 g/mol. The topological polar surface area (TPSA) is 41.1 Å². The third-order valence-electron chi connectivity index (χ3n) is 4.02. The lowest BCUT2D eigenvalue weighted by Gasteiger charge is -2.29. The molecular weight excluding hydrogens is 300 g/mol. The van der Waals surface area contributed by atoms with Crippen molar-refractivity contribution in [3.8, 4) is 0 Å². The first-order valence-electron chi connectivity index (χ1n) is 7.68. The van der Waals surface area contributed by atoms with Gasteiger partial charge in [-0.05, 0) is 19.3 Å². The number of aromatic nitrogens is 2. The van der Waals surface area contributed by atoms with Gasteiger partial charge in [0.05, 0.1) is 5.69 Å². The summed E-state index contributed by atoms with van der Waals surface area (Å²) in [6.07, 6.45) is 5.57. The number of fused-ring (bicyclic) bond motifs is 1. The normalized spacial score (nSPS) is 23.4. The number of aryl methyl sites for hydroxylation is 1. The van der Waals surface area contributed by atoms with E-state index in [9.17, 15) is 0 Å². The highest BCUT2D eigenvalue weighted by Crippen LogP contribution is 2.30. The largest absolute Gasteiger partial charge is 0.347 e. The molecule has 0 bridgehead atoms. The Kier molecular flexibility index (Phi) is 5.29. The molecule has 1 saturated heterocycles. The molecule has 116 valence electrons. The highest BCUT2D eigenvalue weighted by Gasteiger charge is 2.25. The van der Waals surface area contributed by atoms with Gasteiger partial charge in [0.15, 0.2) is 0 Å². The van der Waals surface area contributed by atoms with Gasteiger partial charge in [0.1, 0.15) is 0 Å². The Hall–Kier alpha value is -0.460. The van der Waals surface area contributed by atoms with Gasteiger partial charge in [0.2, 0.25) is 5.95 Å². The van der Waals surface area contributed by atoms with Gasteiger partial charge in [-0.2, -0.15) is 23.5 Å². The van der Waals surface area contributed by atoms with Crippen LogP contribution in [-0.4, -0.2) is 53.1 Å². The van der Waals surface area contributed by atoms with Crippen LogP contribution in [0.25, 0.3) is 0 Å². The Morgan fingerprint density at radius 1 is 1.24 bits per heavy atom. The highest BCUT2D eigenvalue weighted by atomic mass is 32.2. The molecule has 0 amide bonds. The maximum absolute atomic E-state index is 4.74. The lowest BCUT2D eigenvalue weighted by Crippen LogP contribution is -2.38. The van der Waals surface area contributed by atoms with Crippen LogP contribution in [-0.2, 0) is 6.42 Å². The Labute approximate surface area is 135 Å². The summed E-state index contributed by atoms with van der Waals surface area (Å²) < 4.78 is 0. The van der Waals surface area contributed by atoms with E-state index in [2.05, 4.69) is 33.8 Å². The van der Waals surface area contributed by atoms with Gasteiger partial charge in [-0.25, -0.2) is 9.97 Å².